The molecule has 1 heterocycles. The Balaban J connectivity index is 2.15. The van der Waals surface area contributed by atoms with Crippen LogP contribution in [0, 0.1) is 0 Å². The van der Waals surface area contributed by atoms with Crippen LogP contribution in [0.4, 0.5) is 5.69 Å². The number of nitrogens with zero attached hydrogens (tertiary/aromatic N) is 1. The van der Waals surface area contributed by atoms with E-state index in [1.807, 2.05) is 20.9 Å². The lowest BCUT2D eigenvalue weighted by molar-refractivity contribution is 0.0730. The van der Waals surface area contributed by atoms with Crippen molar-refractivity contribution in [3.05, 3.63) is 29.3 Å². The van der Waals surface area contributed by atoms with Gasteiger partial charge in [-0.25, -0.2) is 0 Å². The van der Waals surface area contributed by atoms with Crippen molar-refractivity contribution in [1.29, 1.82) is 0 Å². The predicted molar refractivity (Wildman–Crippen MR) is 85.4 cm³/mol. The number of benzene rings is 1. The van der Waals surface area contributed by atoms with Gasteiger partial charge in [0.1, 0.15) is 0 Å². The zero-order valence-electron chi connectivity index (χ0n) is 13.2. The minimum atomic E-state index is -0.585. The topological polar surface area (TPSA) is 35.5 Å². The van der Waals surface area contributed by atoms with Crippen molar-refractivity contribution in [2.45, 2.75) is 51.7 Å². The molecule has 0 aliphatic carbocycles. The molecule has 20 heavy (non-hydrogen) atoms. The maximum atomic E-state index is 9.91. The van der Waals surface area contributed by atoms with E-state index in [9.17, 15) is 5.11 Å². The van der Waals surface area contributed by atoms with Gasteiger partial charge in [-0.3, -0.25) is 0 Å². The van der Waals surface area contributed by atoms with Crippen LogP contribution in [0.25, 0.3) is 0 Å². The molecule has 1 aliphatic rings. The van der Waals surface area contributed by atoms with Gasteiger partial charge in [0.2, 0.25) is 0 Å². The van der Waals surface area contributed by atoms with E-state index in [-0.39, 0.29) is 0 Å². The number of anilines is 1. The molecule has 3 heteroatoms. The number of hydrogen-bond acceptors (Lipinski definition) is 3. The Bertz CT molecular complexity index is 451. The number of rotatable bonds is 5. The van der Waals surface area contributed by atoms with Crippen molar-refractivity contribution in [1.82, 2.24) is 5.32 Å². The molecule has 2 rings (SSSR count). The highest BCUT2D eigenvalue weighted by Crippen LogP contribution is 2.30. The van der Waals surface area contributed by atoms with E-state index in [1.165, 1.54) is 29.7 Å². The maximum absolute atomic E-state index is 9.91. The highest BCUT2D eigenvalue weighted by molar-refractivity contribution is 5.57. The summed E-state index contributed by atoms with van der Waals surface area (Å²) < 4.78 is 0. The summed E-state index contributed by atoms with van der Waals surface area (Å²) in [4.78, 5) is 2.42. The molecule has 2 N–H and O–H groups in total. The molecule has 1 unspecified atom stereocenters. The van der Waals surface area contributed by atoms with E-state index in [4.69, 9.17) is 0 Å². The molecule has 1 atom stereocenters. The fourth-order valence-corrected chi connectivity index (χ4v) is 2.77. The fourth-order valence-electron chi connectivity index (χ4n) is 2.77. The summed E-state index contributed by atoms with van der Waals surface area (Å²) in [5.41, 5.74) is 3.58. The van der Waals surface area contributed by atoms with Crippen molar-refractivity contribution in [3.63, 3.8) is 0 Å². The first-order chi connectivity index (χ1) is 9.40. The minimum absolute atomic E-state index is 0.395. The van der Waals surface area contributed by atoms with Gasteiger partial charge in [0.05, 0.1) is 5.60 Å². The Morgan fingerprint density at radius 3 is 2.80 bits per heavy atom. The van der Waals surface area contributed by atoms with Crippen LogP contribution in [0.1, 0.15) is 50.8 Å². The van der Waals surface area contributed by atoms with E-state index in [1.54, 1.807) is 0 Å². The second-order valence-corrected chi connectivity index (χ2v) is 6.55. The van der Waals surface area contributed by atoms with E-state index in [0.717, 1.165) is 19.5 Å². The SMILES string of the molecule is CNC(C)c1ccc2c(c1)CCCN2CCC(C)(C)O. The molecule has 0 spiro atoms. The van der Waals surface area contributed by atoms with Crippen molar-refractivity contribution in [2.24, 2.45) is 0 Å². The third-order valence-electron chi connectivity index (χ3n) is 4.24. The first-order valence-corrected chi connectivity index (χ1v) is 7.68. The van der Waals surface area contributed by atoms with Gasteiger partial charge in [-0.2, -0.15) is 0 Å². The number of fused-ring (bicyclic) bond motifs is 1. The Kier molecular flexibility index (Phi) is 4.71. The van der Waals surface area contributed by atoms with Gasteiger partial charge in [-0.1, -0.05) is 12.1 Å². The van der Waals surface area contributed by atoms with Crippen LogP contribution in [-0.2, 0) is 6.42 Å². The fraction of sp³-hybridized carbons (Fsp3) is 0.647. The summed E-state index contributed by atoms with van der Waals surface area (Å²) >= 11 is 0. The summed E-state index contributed by atoms with van der Waals surface area (Å²) in [5.74, 6) is 0. The van der Waals surface area contributed by atoms with E-state index in [2.05, 4.69) is 35.3 Å². The number of hydrogen-bond donors (Lipinski definition) is 2. The molecule has 1 aliphatic heterocycles. The minimum Gasteiger partial charge on any atom is -0.390 e. The molecule has 0 saturated carbocycles. The molecule has 0 radical (unpaired) electrons. The van der Waals surface area contributed by atoms with Gasteiger partial charge < -0.3 is 15.3 Å². The van der Waals surface area contributed by atoms with Gasteiger partial charge in [0, 0.05) is 24.8 Å². The molecular formula is C17H28N2O. The first-order valence-electron chi connectivity index (χ1n) is 7.68. The second kappa shape index (κ2) is 6.15. The van der Waals surface area contributed by atoms with Crippen molar-refractivity contribution in [2.75, 3.05) is 25.0 Å². The van der Waals surface area contributed by atoms with Crippen LogP contribution in [-0.4, -0.2) is 30.8 Å². The Hall–Kier alpha value is -1.06. The van der Waals surface area contributed by atoms with Crippen LogP contribution in [0.15, 0.2) is 18.2 Å². The molecule has 3 nitrogen and oxygen atoms in total. The molecular weight excluding hydrogens is 248 g/mol. The molecule has 0 fully saturated rings. The monoisotopic (exact) mass is 276 g/mol. The van der Waals surface area contributed by atoms with Gasteiger partial charge in [0.15, 0.2) is 0 Å². The summed E-state index contributed by atoms with van der Waals surface area (Å²) in [6, 6.07) is 7.21. The highest BCUT2D eigenvalue weighted by Gasteiger charge is 2.20. The smallest absolute Gasteiger partial charge is 0.0608 e. The molecule has 0 saturated heterocycles. The van der Waals surface area contributed by atoms with Crippen LogP contribution in [0.2, 0.25) is 0 Å². The van der Waals surface area contributed by atoms with E-state index in [0.29, 0.717) is 6.04 Å². The highest BCUT2D eigenvalue weighted by atomic mass is 16.3. The largest absolute Gasteiger partial charge is 0.390 e. The zero-order valence-corrected chi connectivity index (χ0v) is 13.2. The lowest BCUT2D eigenvalue weighted by Gasteiger charge is -2.33. The first kappa shape index (κ1) is 15.3. The van der Waals surface area contributed by atoms with Crippen LogP contribution >= 0.6 is 0 Å². The number of aliphatic hydroxyl groups is 1. The van der Waals surface area contributed by atoms with Crippen LogP contribution in [0.3, 0.4) is 0 Å². The summed E-state index contributed by atoms with van der Waals surface area (Å²) in [7, 11) is 2.00. The lowest BCUT2D eigenvalue weighted by Crippen LogP contribution is -2.34. The lowest BCUT2D eigenvalue weighted by atomic mass is 9.96. The standard InChI is InChI=1S/C17H28N2O/c1-13(18-4)14-7-8-16-15(12-14)6-5-10-19(16)11-9-17(2,3)20/h7-8,12-13,18,20H,5-6,9-11H2,1-4H3. The van der Waals surface area contributed by atoms with Crippen molar-refractivity contribution < 1.29 is 5.11 Å². The average Bonchev–Trinajstić information content (AvgIpc) is 2.42. The normalized spacial score (nSPS) is 16.9. The van der Waals surface area contributed by atoms with Crippen molar-refractivity contribution in [3.8, 4) is 0 Å². The maximum Gasteiger partial charge on any atom is 0.0608 e. The summed E-state index contributed by atoms with van der Waals surface area (Å²) in [5, 5.41) is 13.2. The molecule has 112 valence electrons. The zero-order chi connectivity index (χ0) is 14.8. The third-order valence-corrected chi connectivity index (χ3v) is 4.24. The van der Waals surface area contributed by atoms with Gasteiger partial charge in [0.25, 0.3) is 0 Å². The van der Waals surface area contributed by atoms with Crippen molar-refractivity contribution >= 4 is 5.69 Å². The molecule has 0 amide bonds. The number of aryl methyl sites for hydroxylation is 1. The molecule has 0 bridgehead atoms. The second-order valence-electron chi connectivity index (χ2n) is 6.55. The van der Waals surface area contributed by atoms with E-state index < -0.39 is 5.60 Å². The van der Waals surface area contributed by atoms with Crippen LogP contribution < -0.4 is 10.2 Å². The van der Waals surface area contributed by atoms with E-state index >= 15 is 0 Å². The molecule has 1 aromatic rings. The Morgan fingerprint density at radius 1 is 1.40 bits per heavy atom. The average molecular weight is 276 g/mol. The molecule has 0 aromatic heterocycles. The predicted octanol–water partition coefficient (Wildman–Crippen LogP) is 2.88. The quantitative estimate of drug-likeness (QED) is 0.868. The van der Waals surface area contributed by atoms with Gasteiger partial charge in [-0.05, 0) is 64.3 Å². The Morgan fingerprint density at radius 2 is 2.15 bits per heavy atom. The summed E-state index contributed by atoms with van der Waals surface area (Å²) in [6.45, 7) is 7.99. The third kappa shape index (κ3) is 3.74. The summed E-state index contributed by atoms with van der Waals surface area (Å²) in [6.07, 6.45) is 3.18. The van der Waals surface area contributed by atoms with Gasteiger partial charge in [-0.15, -0.1) is 0 Å². The number of nitrogens with one attached hydrogen (secondary N) is 1. The van der Waals surface area contributed by atoms with Crippen LogP contribution in [0.5, 0.6) is 0 Å². The molecule has 1 aromatic carbocycles. The van der Waals surface area contributed by atoms with Gasteiger partial charge >= 0.3 is 0 Å². The Labute approximate surface area is 123 Å².